The molecule has 0 rings (SSSR count). The van der Waals surface area contributed by atoms with Gasteiger partial charge in [0.25, 0.3) is 0 Å². The van der Waals surface area contributed by atoms with E-state index < -0.39 is 0 Å². The Morgan fingerprint density at radius 3 is 0.600 bits per heavy atom. The highest BCUT2D eigenvalue weighted by molar-refractivity contribution is 3.51. The summed E-state index contributed by atoms with van der Waals surface area (Å²) in [4.78, 5) is 0. The van der Waals surface area contributed by atoms with Crippen LogP contribution in [-0.4, -0.2) is 0 Å². The molecule has 0 saturated heterocycles. The van der Waals surface area contributed by atoms with Gasteiger partial charge in [-0.3, -0.25) is 0 Å². The van der Waals surface area contributed by atoms with E-state index in [2.05, 4.69) is 0 Å². The van der Waals surface area contributed by atoms with Crippen LogP contribution in [0.25, 0.3) is 0 Å². The maximum absolute atomic E-state index is 2.00. The Kier molecular flexibility index (Phi) is 0. The fourth-order valence-electron chi connectivity index (χ4n) is 0. The molecule has 0 aliphatic carbocycles. The van der Waals surface area contributed by atoms with Gasteiger partial charge in [-0.2, -0.15) is 0 Å². The lowest BCUT2D eigenvalue weighted by Gasteiger charge is -1.07. The molecule has 0 aliphatic rings. The Morgan fingerprint density at radius 2 is 0.600 bits per heavy atom. The van der Waals surface area contributed by atoms with Gasteiger partial charge >= 0.3 is 0 Å². The minimum absolute atomic E-state index is 0. The van der Waals surface area contributed by atoms with Crippen molar-refractivity contribution < 1.29 is 0 Å². The Labute approximate surface area is 36.2 Å². The monoisotopic (exact) mass is 76.1 g/mol. The van der Waals surface area contributed by atoms with Gasteiger partial charge in [-0.25, -0.2) is 0 Å². The molecule has 0 fully saturated rings. The molecule has 0 nitrogen and oxygen atoms in total. The van der Waals surface area contributed by atoms with E-state index >= 15 is 0 Å². The third-order valence-electron chi connectivity index (χ3n) is 0. The first kappa shape index (κ1) is 20.0. The van der Waals surface area contributed by atoms with Crippen LogP contribution in [0.2, 0.25) is 0 Å². The van der Waals surface area contributed by atoms with E-state index in [0.29, 0.717) is 0 Å². The van der Waals surface area contributed by atoms with Gasteiger partial charge in [-0.1, -0.05) is 35.1 Å². The van der Waals surface area contributed by atoms with Crippen molar-refractivity contribution in [2.24, 2.45) is 0 Å². The molecule has 0 radical (unpaired) electrons. The summed E-state index contributed by atoms with van der Waals surface area (Å²) >= 11 is 0. The van der Waals surface area contributed by atoms with Crippen LogP contribution in [0.15, 0.2) is 0 Å². The van der Waals surface area contributed by atoms with Crippen LogP contribution in [0.5, 0.6) is 0 Å². The summed E-state index contributed by atoms with van der Waals surface area (Å²) in [6.45, 7) is 8.00. The van der Waals surface area contributed by atoms with Crippen LogP contribution in [-0.2, 0) is 0 Å². The standard InChI is InChI=1S/2C2H6.CH4/c2*1-2;/h2*1-2H3;1H4. The second-order valence-electron chi connectivity index (χ2n) is 0. The molecule has 0 amide bonds. The van der Waals surface area contributed by atoms with Crippen LogP contribution >= 0.6 is 0 Å². The zero-order valence-electron chi connectivity index (χ0n) is 4.00. The molecule has 0 aromatic rings. The Hall–Kier alpha value is 0. The molecule has 0 unspecified atom stereocenters. The second kappa shape index (κ2) is 0. The highest BCUT2D eigenvalue weighted by atomic mass is 13.0. The Morgan fingerprint density at radius 1 is 0.600 bits per heavy atom. The number of rotatable bonds is 0. The quantitative estimate of drug-likeness (QED) is 0.416. The van der Waals surface area contributed by atoms with Crippen LogP contribution in [0.1, 0.15) is 35.1 Å². The summed E-state index contributed by atoms with van der Waals surface area (Å²) < 4.78 is 0. The third-order valence-corrected chi connectivity index (χ3v) is 0. The summed E-state index contributed by atoms with van der Waals surface area (Å²) in [6, 6.07) is 0. The normalized spacial score (nSPS) is 2.40. The molecule has 0 aliphatic heterocycles. The lowest BCUT2D eigenvalue weighted by Crippen LogP contribution is -0.856. The molecule has 0 aromatic carbocycles. The van der Waals surface area contributed by atoms with E-state index in [1.807, 2.05) is 27.7 Å². The van der Waals surface area contributed by atoms with Crippen molar-refractivity contribution >= 4 is 0 Å². The van der Waals surface area contributed by atoms with Gasteiger partial charge in [0, 0.05) is 0 Å². The number of hydrogen-bond donors (Lipinski definition) is 0. The van der Waals surface area contributed by atoms with Crippen LogP contribution in [0, 0.1) is 0 Å². The van der Waals surface area contributed by atoms with Crippen molar-refractivity contribution in [1.29, 1.82) is 0 Å². The zero-order valence-corrected chi connectivity index (χ0v) is 4.00. The van der Waals surface area contributed by atoms with E-state index in [1.165, 1.54) is 0 Å². The topological polar surface area (TPSA) is 0 Å². The van der Waals surface area contributed by atoms with Gasteiger partial charge < -0.3 is 0 Å². The molecule has 36 valence electrons. The first-order chi connectivity index (χ1) is 2.00. The fraction of sp³-hybridized carbons (Fsp3) is 1.00. The van der Waals surface area contributed by atoms with Crippen molar-refractivity contribution in [3.05, 3.63) is 0 Å². The highest BCUT2D eigenvalue weighted by Gasteiger charge is 0.934. The highest BCUT2D eigenvalue weighted by Crippen LogP contribution is 1.15. The van der Waals surface area contributed by atoms with E-state index in [-0.39, 0.29) is 7.43 Å². The van der Waals surface area contributed by atoms with Gasteiger partial charge in [0.05, 0.1) is 0 Å². The van der Waals surface area contributed by atoms with Crippen molar-refractivity contribution in [2.45, 2.75) is 35.1 Å². The molecule has 0 heterocycles. The molecule has 0 atom stereocenters. The molecule has 0 aromatic heterocycles. The van der Waals surface area contributed by atoms with Crippen molar-refractivity contribution in [3.63, 3.8) is 0 Å². The fourth-order valence-corrected chi connectivity index (χ4v) is 0. The molecule has 0 heteroatoms. The first-order valence-corrected chi connectivity index (χ1v) is 2.00. The Balaban J connectivity index is -0.0000000133. The summed E-state index contributed by atoms with van der Waals surface area (Å²) in [7, 11) is 0. The van der Waals surface area contributed by atoms with Gasteiger partial charge in [0.2, 0.25) is 0 Å². The number of hydrogen-bond acceptors (Lipinski definition) is 0. The van der Waals surface area contributed by atoms with E-state index in [9.17, 15) is 0 Å². The largest absolute Gasteiger partial charge is 0.0776 e. The molecule has 0 spiro atoms. The second-order valence-corrected chi connectivity index (χ2v) is 0. The molecule has 0 N–H and O–H groups in total. The van der Waals surface area contributed by atoms with Crippen LogP contribution in [0.4, 0.5) is 0 Å². The van der Waals surface area contributed by atoms with Crippen molar-refractivity contribution in [1.82, 2.24) is 0 Å². The van der Waals surface area contributed by atoms with E-state index in [0.717, 1.165) is 0 Å². The molecular formula is C5H16. The first-order valence-electron chi connectivity index (χ1n) is 2.00. The third kappa shape index (κ3) is 0. The van der Waals surface area contributed by atoms with Crippen molar-refractivity contribution in [2.75, 3.05) is 0 Å². The molecule has 5 heavy (non-hydrogen) atoms. The van der Waals surface area contributed by atoms with Gasteiger partial charge in [-0.15, -0.1) is 0 Å². The predicted octanol–water partition coefficient (Wildman–Crippen LogP) is 2.69. The summed E-state index contributed by atoms with van der Waals surface area (Å²) in [6.07, 6.45) is 0. The molecular weight excluding hydrogens is 60.1 g/mol. The van der Waals surface area contributed by atoms with E-state index in [4.69, 9.17) is 0 Å². The Bertz CT molecular complexity index is 0. The molecule has 0 bridgehead atoms. The average Bonchev–Trinajstić information content (AvgIpc) is 1.50. The zero-order chi connectivity index (χ0) is 4.00. The predicted molar refractivity (Wildman–Crippen MR) is 29.4 cm³/mol. The lowest BCUT2D eigenvalue weighted by atomic mass is 11.0. The maximum atomic E-state index is 2.00. The smallest absolute Gasteiger partial charge is 0.0683 e. The summed E-state index contributed by atoms with van der Waals surface area (Å²) in [5.41, 5.74) is 0. The summed E-state index contributed by atoms with van der Waals surface area (Å²) in [5, 5.41) is 0. The van der Waals surface area contributed by atoms with Crippen molar-refractivity contribution in [3.8, 4) is 0 Å². The average molecular weight is 76.2 g/mol. The SMILES string of the molecule is C.CC.CC. The minimum atomic E-state index is 0. The van der Waals surface area contributed by atoms with Gasteiger partial charge in [0.15, 0.2) is 0 Å². The lowest BCUT2D eigenvalue weighted by molar-refractivity contribution is 1.50. The van der Waals surface area contributed by atoms with Gasteiger partial charge in [0.1, 0.15) is 0 Å². The van der Waals surface area contributed by atoms with Crippen LogP contribution < -0.4 is 0 Å². The minimum Gasteiger partial charge on any atom is -0.0776 e. The van der Waals surface area contributed by atoms with Crippen LogP contribution in [0.3, 0.4) is 0 Å². The van der Waals surface area contributed by atoms with E-state index in [1.54, 1.807) is 0 Å². The molecule has 0 saturated carbocycles. The maximum Gasteiger partial charge on any atom is -0.0683 e. The summed E-state index contributed by atoms with van der Waals surface area (Å²) in [5.74, 6) is 0. The van der Waals surface area contributed by atoms with Gasteiger partial charge in [-0.05, 0) is 0 Å².